The van der Waals surface area contributed by atoms with E-state index in [1.807, 2.05) is 4.90 Å². The number of hydrogen-bond acceptors (Lipinski definition) is 2. The Balaban J connectivity index is 1.35. The topological polar surface area (TPSA) is 47.6 Å². The molecule has 4 rings (SSSR count). The normalized spacial score (nSPS) is 17.1. The molecule has 2 saturated heterocycles. The zero-order valence-corrected chi connectivity index (χ0v) is 23.4. The SMILES string of the molecule is CCCc1cccc(C(C)C)c1NC(=O)N1CCC2(CCN(C(=S)Nc3cc(C)cc(C)c3)CC2)C1. The molecule has 2 aromatic rings. The van der Waals surface area contributed by atoms with Crippen molar-refractivity contribution in [1.29, 1.82) is 0 Å². The molecule has 2 amide bonds. The summed E-state index contributed by atoms with van der Waals surface area (Å²) in [5, 5.41) is 7.56. The van der Waals surface area contributed by atoms with Crippen LogP contribution in [0.4, 0.5) is 16.2 Å². The van der Waals surface area contributed by atoms with E-state index < -0.39 is 0 Å². The van der Waals surface area contributed by atoms with Crippen LogP contribution in [0.5, 0.6) is 0 Å². The summed E-state index contributed by atoms with van der Waals surface area (Å²) in [7, 11) is 0. The predicted molar refractivity (Wildman–Crippen MR) is 155 cm³/mol. The number of para-hydroxylation sites is 1. The van der Waals surface area contributed by atoms with Gasteiger partial charge in [-0.3, -0.25) is 0 Å². The molecule has 2 aromatic carbocycles. The van der Waals surface area contributed by atoms with Gasteiger partial charge in [-0.25, -0.2) is 4.79 Å². The van der Waals surface area contributed by atoms with Gasteiger partial charge in [0.15, 0.2) is 5.11 Å². The first-order valence-electron chi connectivity index (χ1n) is 13.5. The fourth-order valence-electron chi connectivity index (χ4n) is 5.87. The lowest BCUT2D eigenvalue weighted by atomic mass is 9.78. The number of likely N-dealkylation sites (tertiary alicyclic amines) is 2. The van der Waals surface area contributed by atoms with Crippen molar-refractivity contribution in [3.05, 3.63) is 58.7 Å². The molecule has 36 heavy (non-hydrogen) atoms. The second-order valence-corrected chi connectivity index (χ2v) is 11.6. The number of thiocarbonyl (C=S) groups is 1. The van der Waals surface area contributed by atoms with Crippen molar-refractivity contribution < 1.29 is 4.79 Å². The average molecular weight is 507 g/mol. The van der Waals surface area contributed by atoms with Crippen molar-refractivity contribution in [2.75, 3.05) is 36.8 Å². The van der Waals surface area contributed by atoms with E-state index in [2.05, 4.69) is 86.6 Å². The smallest absolute Gasteiger partial charge is 0.321 e. The molecule has 0 saturated carbocycles. The minimum atomic E-state index is 0.0479. The van der Waals surface area contributed by atoms with Gasteiger partial charge in [-0.2, -0.15) is 0 Å². The quantitative estimate of drug-likeness (QED) is 0.425. The maximum atomic E-state index is 13.4. The first kappa shape index (κ1) is 26.5. The summed E-state index contributed by atoms with van der Waals surface area (Å²) in [5.74, 6) is 0.368. The average Bonchev–Trinajstić information content (AvgIpc) is 3.23. The first-order valence-corrected chi connectivity index (χ1v) is 13.9. The van der Waals surface area contributed by atoms with E-state index in [0.29, 0.717) is 5.92 Å². The third-order valence-corrected chi connectivity index (χ3v) is 8.23. The minimum Gasteiger partial charge on any atom is -0.349 e. The van der Waals surface area contributed by atoms with Gasteiger partial charge >= 0.3 is 6.03 Å². The lowest BCUT2D eigenvalue weighted by Gasteiger charge is -2.40. The number of anilines is 2. The van der Waals surface area contributed by atoms with Crippen LogP contribution in [0.25, 0.3) is 0 Å². The maximum Gasteiger partial charge on any atom is 0.321 e. The van der Waals surface area contributed by atoms with E-state index in [4.69, 9.17) is 12.2 Å². The predicted octanol–water partition coefficient (Wildman–Crippen LogP) is 7.10. The molecular weight excluding hydrogens is 464 g/mol. The van der Waals surface area contributed by atoms with Crippen LogP contribution in [0, 0.1) is 19.3 Å². The number of urea groups is 1. The molecule has 1 spiro atoms. The van der Waals surface area contributed by atoms with Crippen LogP contribution in [0.1, 0.15) is 74.6 Å². The van der Waals surface area contributed by atoms with Gasteiger partial charge in [-0.15, -0.1) is 0 Å². The number of hydrogen-bond donors (Lipinski definition) is 2. The van der Waals surface area contributed by atoms with Gasteiger partial charge in [0, 0.05) is 37.6 Å². The summed E-state index contributed by atoms with van der Waals surface area (Å²) in [6.45, 7) is 14.3. The van der Waals surface area contributed by atoms with E-state index in [1.54, 1.807) is 0 Å². The lowest BCUT2D eigenvalue weighted by molar-refractivity contribution is 0.154. The zero-order valence-electron chi connectivity index (χ0n) is 22.6. The van der Waals surface area contributed by atoms with Crippen LogP contribution >= 0.6 is 12.2 Å². The largest absolute Gasteiger partial charge is 0.349 e. The molecular formula is C30H42N4OS. The third kappa shape index (κ3) is 6.03. The van der Waals surface area contributed by atoms with E-state index >= 15 is 0 Å². The summed E-state index contributed by atoms with van der Waals surface area (Å²) in [6.07, 6.45) is 5.24. The van der Waals surface area contributed by atoms with Gasteiger partial charge in [-0.05, 0) is 97.5 Å². The van der Waals surface area contributed by atoms with Crippen LogP contribution < -0.4 is 10.6 Å². The van der Waals surface area contributed by atoms with Gasteiger partial charge in [0.1, 0.15) is 0 Å². The molecule has 0 bridgehead atoms. The van der Waals surface area contributed by atoms with E-state index in [-0.39, 0.29) is 11.4 Å². The Hall–Kier alpha value is -2.60. The second-order valence-electron chi connectivity index (χ2n) is 11.2. The van der Waals surface area contributed by atoms with Crippen molar-refractivity contribution in [3.63, 3.8) is 0 Å². The highest BCUT2D eigenvalue weighted by atomic mass is 32.1. The zero-order chi connectivity index (χ0) is 25.9. The Morgan fingerprint density at radius 1 is 1.00 bits per heavy atom. The molecule has 5 nitrogen and oxygen atoms in total. The van der Waals surface area contributed by atoms with Crippen LogP contribution in [0.3, 0.4) is 0 Å². The fraction of sp³-hybridized carbons (Fsp3) is 0.533. The van der Waals surface area contributed by atoms with Crippen molar-refractivity contribution >= 4 is 34.7 Å². The monoisotopic (exact) mass is 506 g/mol. The number of carbonyl (C=O) groups excluding carboxylic acids is 1. The van der Waals surface area contributed by atoms with Crippen molar-refractivity contribution in [1.82, 2.24) is 9.80 Å². The van der Waals surface area contributed by atoms with Crippen molar-refractivity contribution in [2.24, 2.45) is 5.41 Å². The van der Waals surface area contributed by atoms with Crippen LogP contribution in [0.15, 0.2) is 36.4 Å². The number of nitrogens with one attached hydrogen (secondary N) is 2. The van der Waals surface area contributed by atoms with Crippen LogP contribution in [-0.2, 0) is 6.42 Å². The van der Waals surface area contributed by atoms with Crippen LogP contribution in [0.2, 0.25) is 0 Å². The Morgan fingerprint density at radius 2 is 1.64 bits per heavy atom. The third-order valence-electron chi connectivity index (χ3n) is 7.87. The molecule has 2 N–H and O–H groups in total. The molecule has 0 unspecified atom stereocenters. The lowest BCUT2D eigenvalue weighted by Crippen LogP contribution is -2.46. The first-order chi connectivity index (χ1) is 17.2. The highest BCUT2D eigenvalue weighted by molar-refractivity contribution is 7.80. The number of piperidine rings is 1. The highest BCUT2D eigenvalue weighted by Gasteiger charge is 2.42. The van der Waals surface area contributed by atoms with Gasteiger partial charge in [0.25, 0.3) is 0 Å². The van der Waals surface area contributed by atoms with E-state index in [0.717, 1.165) is 74.8 Å². The fourth-order valence-corrected chi connectivity index (χ4v) is 6.17. The number of aryl methyl sites for hydroxylation is 3. The molecule has 2 heterocycles. The number of amides is 2. The Labute approximate surface area is 222 Å². The molecule has 2 fully saturated rings. The number of benzene rings is 2. The van der Waals surface area contributed by atoms with Gasteiger partial charge in [-0.1, -0.05) is 51.5 Å². The molecule has 0 atom stereocenters. The highest BCUT2D eigenvalue weighted by Crippen LogP contribution is 2.41. The molecule has 0 radical (unpaired) electrons. The Kier molecular flexibility index (Phi) is 8.23. The summed E-state index contributed by atoms with van der Waals surface area (Å²) in [5.41, 5.74) is 7.22. The molecule has 6 heteroatoms. The van der Waals surface area contributed by atoms with Crippen molar-refractivity contribution in [3.8, 4) is 0 Å². The summed E-state index contributed by atoms with van der Waals surface area (Å²) < 4.78 is 0. The molecule has 0 aromatic heterocycles. The molecule has 194 valence electrons. The summed E-state index contributed by atoms with van der Waals surface area (Å²) in [6, 6.07) is 12.9. The number of rotatable bonds is 5. The standard InChI is InChI=1S/C30H42N4OS/c1-6-8-24-9-7-10-26(21(2)3)27(24)32-28(35)34-16-13-30(20-34)11-14-33(15-12-30)29(36)31-25-18-22(4)17-23(5)19-25/h7,9-10,17-19,21H,6,8,11-16,20H2,1-5H3,(H,31,36)(H,32,35). The molecule has 0 aliphatic carbocycles. The van der Waals surface area contributed by atoms with Crippen molar-refractivity contribution in [2.45, 2.75) is 72.6 Å². The number of carbonyl (C=O) groups is 1. The Bertz CT molecular complexity index is 1080. The summed E-state index contributed by atoms with van der Waals surface area (Å²) in [4.78, 5) is 17.7. The Morgan fingerprint density at radius 3 is 2.25 bits per heavy atom. The molecule has 2 aliphatic heterocycles. The minimum absolute atomic E-state index is 0.0479. The van der Waals surface area contributed by atoms with Gasteiger partial charge in [0.2, 0.25) is 0 Å². The maximum absolute atomic E-state index is 13.4. The van der Waals surface area contributed by atoms with Gasteiger partial charge < -0.3 is 20.4 Å². The van der Waals surface area contributed by atoms with E-state index in [1.165, 1.54) is 22.3 Å². The van der Waals surface area contributed by atoms with Crippen LogP contribution in [-0.4, -0.2) is 47.1 Å². The summed E-state index contributed by atoms with van der Waals surface area (Å²) >= 11 is 5.75. The second kappa shape index (κ2) is 11.2. The molecule has 2 aliphatic rings. The van der Waals surface area contributed by atoms with E-state index in [9.17, 15) is 4.79 Å². The van der Waals surface area contributed by atoms with Gasteiger partial charge in [0.05, 0.1) is 0 Å². The number of nitrogens with zero attached hydrogens (tertiary/aromatic N) is 2.